The molecule has 1 rings (SSSR count). The lowest BCUT2D eigenvalue weighted by atomic mass is 10.2. The maximum Gasteiger partial charge on any atom is 0.309 e. The van der Waals surface area contributed by atoms with Crippen LogP contribution in [0.5, 0.6) is 0 Å². The number of aliphatic carboxylic acids is 1. The standard InChI is InChI=1S/C11H14O3S/c12-6-10(11(13)14)8-15-7-9-4-2-1-3-5-9/h1-5,10,12H,6-8H2,(H,13,14)/t10-/m0/s1. The number of aliphatic hydroxyl groups excluding tert-OH is 1. The average molecular weight is 226 g/mol. The van der Waals surface area contributed by atoms with Gasteiger partial charge in [-0.2, -0.15) is 11.8 Å². The second-order valence-electron chi connectivity index (χ2n) is 3.22. The largest absolute Gasteiger partial charge is 0.481 e. The molecule has 0 amide bonds. The molecule has 1 atom stereocenters. The fourth-order valence-corrected chi connectivity index (χ4v) is 2.17. The van der Waals surface area contributed by atoms with Crippen molar-refractivity contribution in [1.82, 2.24) is 0 Å². The van der Waals surface area contributed by atoms with E-state index in [-0.39, 0.29) is 6.61 Å². The molecule has 0 aliphatic carbocycles. The van der Waals surface area contributed by atoms with Crippen LogP contribution in [-0.2, 0) is 10.5 Å². The number of carbonyl (C=O) groups is 1. The van der Waals surface area contributed by atoms with Gasteiger partial charge in [0.2, 0.25) is 0 Å². The summed E-state index contributed by atoms with van der Waals surface area (Å²) in [6.07, 6.45) is 0. The van der Waals surface area contributed by atoms with E-state index >= 15 is 0 Å². The van der Waals surface area contributed by atoms with Crippen molar-refractivity contribution in [3.8, 4) is 0 Å². The number of benzene rings is 1. The van der Waals surface area contributed by atoms with Crippen LogP contribution in [0.15, 0.2) is 30.3 Å². The third-order valence-corrected chi connectivity index (χ3v) is 3.18. The van der Waals surface area contributed by atoms with E-state index in [1.165, 1.54) is 17.3 Å². The SMILES string of the molecule is O=C(O)[C@@H](CO)CSCc1ccccc1. The van der Waals surface area contributed by atoms with Crippen LogP contribution < -0.4 is 0 Å². The molecule has 0 radical (unpaired) electrons. The predicted molar refractivity (Wildman–Crippen MR) is 60.8 cm³/mol. The molecule has 0 saturated heterocycles. The molecule has 0 aliphatic rings. The van der Waals surface area contributed by atoms with E-state index < -0.39 is 11.9 Å². The third kappa shape index (κ3) is 4.36. The highest BCUT2D eigenvalue weighted by atomic mass is 32.2. The van der Waals surface area contributed by atoms with Gasteiger partial charge < -0.3 is 10.2 Å². The van der Waals surface area contributed by atoms with Crippen LogP contribution in [0, 0.1) is 5.92 Å². The lowest BCUT2D eigenvalue weighted by Crippen LogP contribution is -2.20. The van der Waals surface area contributed by atoms with E-state index in [1.807, 2.05) is 30.3 Å². The van der Waals surface area contributed by atoms with Crippen LogP contribution in [0.25, 0.3) is 0 Å². The fourth-order valence-electron chi connectivity index (χ4n) is 1.10. The molecule has 3 nitrogen and oxygen atoms in total. The molecule has 1 aromatic carbocycles. The van der Waals surface area contributed by atoms with Crippen molar-refractivity contribution in [2.24, 2.45) is 5.92 Å². The fraction of sp³-hybridized carbons (Fsp3) is 0.364. The van der Waals surface area contributed by atoms with Crippen molar-refractivity contribution >= 4 is 17.7 Å². The molecule has 0 saturated carbocycles. The molecule has 4 heteroatoms. The Hall–Kier alpha value is -1.00. The Morgan fingerprint density at radius 2 is 2.00 bits per heavy atom. The molecule has 0 spiro atoms. The van der Waals surface area contributed by atoms with Crippen LogP contribution in [0.1, 0.15) is 5.56 Å². The van der Waals surface area contributed by atoms with Gasteiger partial charge in [-0.05, 0) is 5.56 Å². The zero-order valence-corrected chi connectivity index (χ0v) is 9.11. The number of carboxylic acid groups (broad SMARTS) is 1. The third-order valence-electron chi connectivity index (χ3n) is 2.00. The summed E-state index contributed by atoms with van der Waals surface area (Å²) in [5, 5.41) is 17.5. The summed E-state index contributed by atoms with van der Waals surface area (Å²) >= 11 is 1.53. The van der Waals surface area contributed by atoms with Gasteiger partial charge in [0.15, 0.2) is 0 Å². The second kappa shape index (κ2) is 6.48. The van der Waals surface area contributed by atoms with E-state index in [4.69, 9.17) is 10.2 Å². The Labute approximate surface area is 93.1 Å². The lowest BCUT2D eigenvalue weighted by Gasteiger charge is -2.08. The van der Waals surface area contributed by atoms with Crippen LogP contribution >= 0.6 is 11.8 Å². The monoisotopic (exact) mass is 226 g/mol. The normalized spacial score (nSPS) is 12.3. The molecular formula is C11H14O3S. The molecule has 0 fully saturated rings. The Bertz CT molecular complexity index is 300. The first kappa shape index (κ1) is 12.1. The van der Waals surface area contributed by atoms with Crippen LogP contribution in [0.3, 0.4) is 0 Å². The number of thioether (sulfide) groups is 1. The Morgan fingerprint density at radius 3 is 2.53 bits per heavy atom. The maximum atomic E-state index is 10.6. The van der Waals surface area contributed by atoms with Crippen molar-refractivity contribution in [3.63, 3.8) is 0 Å². The van der Waals surface area contributed by atoms with Crippen molar-refractivity contribution < 1.29 is 15.0 Å². The molecule has 2 N–H and O–H groups in total. The van der Waals surface area contributed by atoms with Crippen molar-refractivity contribution in [2.75, 3.05) is 12.4 Å². The van der Waals surface area contributed by atoms with Gasteiger partial charge in [0.1, 0.15) is 0 Å². The van der Waals surface area contributed by atoms with E-state index in [0.717, 1.165) is 5.75 Å². The Morgan fingerprint density at radius 1 is 1.33 bits per heavy atom. The van der Waals surface area contributed by atoms with Gasteiger partial charge in [0.25, 0.3) is 0 Å². The predicted octanol–water partition coefficient (Wildman–Crippen LogP) is 1.61. The summed E-state index contributed by atoms with van der Waals surface area (Å²) in [5.74, 6) is -0.359. The molecule has 1 aromatic rings. The number of rotatable bonds is 6. The zero-order valence-electron chi connectivity index (χ0n) is 8.30. The topological polar surface area (TPSA) is 57.5 Å². The van der Waals surface area contributed by atoms with Gasteiger partial charge in [0.05, 0.1) is 12.5 Å². The van der Waals surface area contributed by atoms with Crippen LogP contribution in [0.2, 0.25) is 0 Å². The van der Waals surface area contributed by atoms with E-state index in [2.05, 4.69) is 0 Å². The van der Waals surface area contributed by atoms with Gasteiger partial charge in [-0.15, -0.1) is 0 Å². The summed E-state index contributed by atoms with van der Waals surface area (Å²) in [4.78, 5) is 10.6. The maximum absolute atomic E-state index is 10.6. The molecule has 0 bridgehead atoms. The zero-order chi connectivity index (χ0) is 11.1. The molecule has 0 aromatic heterocycles. The van der Waals surface area contributed by atoms with E-state index in [9.17, 15) is 4.79 Å². The summed E-state index contributed by atoms with van der Waals surface area (Å²) in [6.45, 7) is -0.295. The van der Waals surface area contributed by atoms with Gasteiger partial charge in [0, 0.05) is 11.5 Å². The smallest absolute Gasteiger partial charge is 0.309 e. The Balaban J connectivity index is 2.30. The second-order valence-corrected chi connectivity index (χ2v) is 4.25. The number of aliphatic hydroxyl groups is 1. The number of hydrogen-bond donors (Lipinski definition) is 2. The molecule has 0 heterocycles. The molecule has 82 valence electrons. The summed E-state index contributed by atoms with van der Waals surface area (Å²) in [6, 6.07) is 9.86. The highest BCUT2D eigenvalue weighted by molar-refractivity contribution is 7.98. The molecule has 0 unspecified atom stereocenters. The highest BCUT2D eigenvalue weighted by Gasteiger charge is 2.15. The first-order chi connectivity index (χ1) is 7.24. The molecule has 15 heavy (non-hydrogen) atoms. The van der Waals surface area contributed by atoms with Crippen molar-refractivity contribution in [3.05, 3.63) is 35.9 Å². The Kier molecular flexibility index (Phi) is 5.21. The first-order valence-corrected chi connectivity index (χ1v) is 5.85. The van der Waals surface area contributed by atoms with Crippen LogP contribution in [-0.4, -0.2) is 28.5 Å². The van der Waals surface area contributed by atoms with Crippen molar-refractivity contribution in [2.45, 2.75) is 5.75 Å². The highest BCUT2D eigenvalue weighted by Crippen LogP contribution is 2.15. The summed E-state index contributed by atoms with van der Waals surface area (Å²) in [5.41, 5.74) is 1.17. The lowest BCUT2D eigenvalue weighted by molar-refractivity contribution is -0.142. The number of carboxylic acids is 1. The van der Waals surface area contributed by atoms with Gasteiger partial charge in [-0.25, -0.2) is 0 Å². The minimum Gasteiger partial charge on any atom is -0.481 e. The first-order valence-electron chi connectivity index (χ1n) is 4.69. The summed E-state index contributed by atoms with van der Waals surface area (Å²) < 4.78 is 0. The van der Waals surface area contributed by atoms with E-state index in [1.54, 1.807) is 0 Å². The minimum atomic E-state index is -0.932. The van der Waals surface area contributed by atoms with Gasteiger partial charge in [-0.1, -0.05) is 30.3 Å². The minimum absolute atomic E-state index is 0.295. The number of hydrogen-bond acceptors (Lipinski definition) is 3. The van der Waals surface area contributed by atoms with Gasteiger partial charge in [-0.3, -0.25) is 4.79 Å². The van der Waals surface area contributed by atoms with Crippen molar-refractivity contribution in [1.29, 1.82) is 0 Å². The van der Waals surface area contributed by atoms with Gasteiger partial charge >= 0.3 is 5.97 Å². The molecular weight excluding hydrogens is 212 g/mol. The quantitative estimate of drug-likeness (QED) is 0.773. The summed E-state index contributed by atoms with van der Waals surface area (Å²) in [7, 11) is 0. The molecule has 0 aliphatic heterocycles. The van der Waals surface area contributed by atoms with E-state index in [0.29, 0.717) is 5.75 Å². The van der Waals surface area contributed by atoms with Crippen LogP contribution in [0.4, 0.5) is 0 Å². The average Bonchev–Trinajstić information content (AvgIpc) is 2.25.